The summed E-state index contributed by atoms with van der Waals surface area (Å²) < 4.78 is 19.7. The number of hydrogen-bond acceptors (Lipinski definition) is 5. The van der Waals surface area contributed by atoms with Crippen molar-refractivity contribution in [2.75, 3.05) is 0 Å². The molecule has 5 nitrogen and oxygen atoms in total. The molecule has 0 aliphatic carbocycles. The maximum atomic E-state index is 11.0. The zero-order valence-electron chi connectivity index (χ0n) is 22.4. The Morgan fingerprint density at radius 3 is 1.47 bits per heavy atom. The van der Waals surface area contributed by atoms with Gasteiger partial charge in [-0.25, -0.2) is 0 Å². The van der Waals surface area contributed by atoms with Crippen LogP contribution in [-0.4, -0.2) is 37.4 Å². The summed E-state index contributed by atoms with van der Waals surface area (Å²) in [4.78, 5) is 11.0. The molecule has 0 rings (SSSR count). The van der Waals surface area contributed by atoms with Crippen molar-refractivity contribution in [2.45, 2.75) is 149 Å². The van der Waals surface area contributed by atoms with E-state index < -0.39 is 25.4 Å². The van der Waals surface area contributed by atoms with Crippen LogP contribution in [0.15, 0.2) is 0 Å². The van der Waals surface area contributed by atoms with Gasteiger partial charge in [-0.3, -0.25) is 4.79 Å². The molecule has 0 saturated carbocycles. The average Bonchev–Trinajstić information content (AvgIpc) is 2.40. The Bertz CT molecular complexity index is 553. The van der Waals surface area contributed by atoms with E-state index in [4.69, 9.17) is 19.3 Å². The lowest BCUT2D eigenvalue weighted by Crippen LogP contribution is -2.65. The van der Waals surface area contributed by atoms with E-state index in [-0.39, 0.29) is 15.6 Å². The van der Waals surface area contributed by atoms with Crippen molar-refractivity contribution in [3.63, 3.8) is 0 Å². The molecule has 180 valence electrons. The standard InChI is InChI=1S/C24H51NO4Si/c1-15-24(14,17-22(10,11)27-18-26)29-30(19(2,3)4,20(5,6)7)28-23(12,13)16-21(8,9)25/h18H,15-17,25H2,1-14H3. The molecule has 0 bridgehead atoms. The number of ether oxygens (including phenoxy) is 1. The fraction of sp³-hybridized carbons (Fsp3) is 0.958. The smallest absolute Gasteiger partial charge is 0.350 e. The predicted molar refractivity (Wildman–Crippen MR) is 129 cm³/mol. The van der Waals surface area contributed by atoms with Crippen molar-refractivity contribution in [3.8, 4) is 0 Å². The van der Waals surface area contributed by atoms with E-state index in [0.717, 1.165) is 6.42 Å². The molecule has 0 aromatic rings. The molecule has 0 fully saturated rings. The molecule has 1 atom stereocenters. The van der Waals surface area contributed by atoms with Crippen molar-refractivity contribution >= 4 is 15.0 Å². The highest BCUT2D eigenvalue weighted by atomic mass is 28.4. The van der Waals surface area contributed by atoms with Gasteiger partial charge in [0, 0.05) is 22.0 Å². The van der Waals surface area contributed by atoms with Gasteiger partial charge < -0.3 is 19.3 Å². The molecule has 1 unspecified atom stereocenters. The minimum atomic E-state index is -2.91. The second-order valence-corrected chi connectivity index (χ2v) is 17.8. The molecule has 0 aliphatic heterocycles. The van der Waals surface area contributed by atoms with Gasteiger partial charge in [0.05, 0.1) is 11.2 Å². The third-order valence-corrected chi connectivity index (χ3v) is 11.2. The summed E-state index contributed by atoms with van der Waals surface area (Å²) in [7, 11) is -2.91. The molecule has 2 N–H and O–H groups in total. The molecule has 0 saturated heterocycles. The van der Waals surface area contributed by atoms with Crippen molar-refractivity contribution < 1.29 is 18.4 Å². The van der Waals surface area contributed by atoms with Gasteiger partial charge in [-0.2, -0.15) is 0 Å². The maximum Gasteiger partial charge on any atom is 0.350 e. The molecule has 0 amide bonds. The van der Waals surface area contributed by atoms with Crippen LogP contribution in [0.1, 0.15) is 116 Å². The lowest BCUT2D eigenvalue weighted by Gasteiger charge is -2.56. The number of carbonyl (C=O) groups excluding carboxylic acids is 1. The zero-order valence-corrected chi connectivity index (χ0v) is 23.4. The van der Waals surface area contributed by atoms with Gasteiger partial charge in [0.25, 0.3) is 6.47 Å². The van der Waals surface area contributed by atoms with E-state index in [1.807, 2.05) is 27.7 Å². The summed E-state index contributed by atoms with van der Waals surface area (Å²) in [6, 6.07) is 0. The monoisotopic (exact) mass is 445 g/mol. The Labute approximate surface area is 188 Å². The second kappa shape index (κ2) is 9.20. The van der Waals surface area contributed by atoms with E-state index >= 15 is 0 Å². The topological polar surface area (TPSA) is 70.8 Å². The third kappa shape index (κ3) is 8.25. The molecule has 6 heteroatoms. The Hall–Kier alpha value is -0.433. The Kier molecular flexibility index (Phi) is 9.07. The molecular weight excluding hydrogens is 394 g/mol. The van der Waals surface area contributed by atoms with Crippen LogP contribution in [0, 0.1) is 0 Å². The molecule has 0 radical (unpaired) electrons. The highest BCUT2D eigenvalue weighted by Crippen LogP contribution is 2.56. The van der Waals surface area contributed by atoms with Crippen LogP contribution in [-0.2, 0) is 18.4 Å². The first kappa shape index (κ1) is 29.6. The van der Waals surface area contributed by atoms with Crippen molar-refractivity contribution in [1.82, 2.24) is 0 Å². The van der Waals surface area contributed by atoms with Gasteiger partial charge >= 0.3 is 8.56 Å². The molecule has 0 aromatic heterocycles. The Balaban J connectivity index is 6.47. The average molecular weight is 446 g/mol. The molecule has 0 aliphatic rings. The first-order valence-electron chi connectivity index (χ1n) is 11.3. The largest absolute Gasteiger partial charge is 0.462 e. The van der Waals surface area contributed by atoms with Gasteiger partial charge in [0.2, 0.25) is 0 Å². The van der Waals surface area contributed by atoms with Crippen LogP contribution in [0.4, 0.5) is 0 Å². The van der Waals surface area contributed by atoms with Crippen LogP contribution in [0.3, 0.4) is 0 Å². The van der Waals surface area contributed by atoms with Crippen LogP contribution in [0.25, 0.3) is 0 Å². The fourth-order valence-corrected chi connectivity index (χ4v) is 10.2. The number of nitrogens with two attached hydrogens (primary N) is 1. The maximum absolute atomic E-state index is 11.0. The normalized spacial score (nSPS) is 16.9. The van der Waals surface area contributed by atoms with Crippen LogP contribution >= 0.6 is 0 Å². The minimum Gasteiger partial charge on any atom is -0.462 e. The van der Waals surface area contributed by atoms with Crippen LogP contribution in [0.2, 0.25) is 10.1 Å². The zero-order chi connectivity index (χ0) is 24.4. The van der Waals surface area contributed by atoms with E-state index in [9.17, 15) is 4.79 Å². The molecule has 0 spiro atoms. The Morgan fingerprint density at radius 2 is 1.17 bits per heavy atom. The summed E-state index contributed by atoms with van der Waals surface area (Å²) in [6.07, 6.45) is 2.08. The highest BCUT2D eigenvalue weighted by Gasteiger charge is 2.62. The second-order valence-electron chi connectivity index (χ2n) is 13.2. The number of rotatable bonds is 11. The van der Waals surface area contributed by atoms with E-state index in [2.05, 4.69) is 69.2 Å². The van der Waals surface area contributed by atoms with Gasteiger partial charge in [-0.15, -0.1) is 0 Å². The van der Waals surface area contributed by atoms with Crippen LogP contribution in [0.5, 0.6) is 0 Å². The van der Waals surface area contributed by atoms with Gasteiger partial charge in [0.15, 0.2) is 0 Å². The van der Waals surface area contributed by atoms with Gasteiger partial charge in [-0.05, 0) is 61.3 Å². The summed E-state index contributed by atoms with van der Waals surface area (Å²) in [5.41, 5.74) is 4.44. The lowest BCUT2D eigenvalue weighted by atomic mass is 9.89. The number of hydrogen-bond donors (Lipinski definition) is 1. The Morgan fingerprint density at radius 1 is 0.733 bits per heavy atom. The first-order valence-corrected chi connectivity index (χ1v) is 13.1. The van der Waals surface area contributed by atoms with Crippen molar-refractivity contribution in [1.29, 1.82) is 0 Å². The lowest BCUT2D eigenvalue weighted by molar-refractivity contribution is -0.146. The third-order valence-electron chi connectivity index (χ3n) is 5.58. The summed E-state index contributed by atoms with van der Waals surface area (Å²) in [5.74, 6) is 0. The number of carbonyl (C=O) groups is 1. The molecule has 0 heterocycles. The SMILES string of the molecule is CCC(C)(CC(C)(C)OC=O)O[Si](OC(C)(C)CC(C)(C)N)(C(C)(C)C)C(C)(C)C. The summed E-state index contributed by atoms with van der Waals surface area (Å²) in [5, 5.41) is -0.402. The molecule has 0 aromatic carbocycles. The summed E-state index contributed by atoms with van der Waals surface area (Å²) >= 11 is 0. The van der Waals surface area contributed by atoms with E-state index in [1.165, 1.54) is 0 Å². The quantitative estimate of drug-likeness (QED) is 0.291. The van der Waals surface area contributed by atoms with Gasteiger partial charge in [-0.1, -0.05) is 48.5 Å². The minimum absolute atomic E-state index is 0.201. The van der Waals surface area contributed by atoms with Crippen LogP contribution < -0.4 is 5.73 Å². The summed E-state index contributed by atoms with van der Waals surface area (Å²) in [6.45, 7) is 30.2. The predicted octanol–water partition coefficient (Wildman–Crippen LogP) is 6.48. The fourth-order valence-electron chi connectivity index (χ4n) is 4.93. The van der Waals surface area contributed by atoms with Crippen molar-refractivity contribution in [3.05, 3.63) is 0 Å². The van der Waals surface area contributed by atoms with E-state index in [0.29, 0.717) is 19.3 Å². The van der Waals surface area contributed by atoms with Crippen molar-refractivity contribution in [2.24, 2.45) is 5.73 Å². The van der Waals surface area contributed by atoms with E-state index in [1.54, 1.807) is 0 Å². The molecule has 30 heavy (non-hydrogen) atoms. The first-order chi connectivity index (χ1) is 12.9. The highest BCUT2D eigenvalue weighted by molar-refractivity contribution is 6.73. The molecular formula is C24H51NO4Si. The van der Waals surface area contributed by atoms with Gasteiger partial charge in [0.1, 0.15) is 5.60 Å².